The highest BCUT2D eigenvalue weighted by molar-refractivity contribution is 6.74. The van der Waals surface area contributed by atoms with Gasteiger partial charge in [0.2, 0.25) is 0 Å². The van der Waals surface area contributed by atoms with Crippen LogP contribution in [-0.2, 0) is 10.8 Å². The standard InChI is InChI=1S/C26H33NOSi/c1-26(2,3)29(4,5)28-21-20-22-16-18-25(19-17-22)27(23-12-8-6-9-13-23)24-14-10-7-11-15-24/h6-19H,20-21H2,1-5H3. The van der Waals surface area contributed by atoms with Gasteiger partial charge in [-0.1, -0.05) is 69.3 Å². The number of para-hydroxylation sites is 2. The van der Waals surface area contributed by atoms with Crippen LogP contribution in [0.5, 0.6) is 0 Å². The van der Waals surface area contributed by atoms with Crippen molar-refractivity contribution in [2.24, 2.45) is 0 Å². The highest BCUT2D eigenvalue weighted by atomic mass is 28.4. The summed E-state index contributed by atoms with van der Waals surface area (Å²) in [6.45, 7) is 12.3. The second-order valence-corrected chi connectivity index (χ2v) is 13.8. The Labute approximate surface area is 177 Å². The van der Waals surface area contributed by atoms with E-state index in [0.29, 0.717) is 0 Å². The number of anilines is 3. The molecule has 0 aliphatic rings. The molecule has 0 amide bonds. The van der Waals surface area contributed by atoms with Gasteiger partial charge in [-0.3, -0.25) is 0 Å². The van der Waals surface area contributed by atoms with E-state index in [0.717, 1.165) is 30.1 Å². The van der Waals surface area contributed by atoms with Gasteiger partial charge in [-0.25, -0.2) is 0 Å². The lowest BCUT2D eigenvalue weighted by molar-refractivity contribution is 0.292. The van der Waals surface area contributed by atoms with E-state index in [9.17, 15) is 0 Å². The van der Waals surface area contributed by atoms with Crippen LogP contribution in [0.25, 0.3) is 0 Å². The number of nitrogens with zero attached hydrogens (tertiary/aromatic N) is 1. The molecule has 0 N–H and O–H groups in total. The summed E-state index contributed by atoms with van der Waals surface area (Å²) in [4.78, 5) is 2.29. The molecule has 0 aliphatic carbocycles. The molecule has 0 saturated heterocycles. The summed E-state index contributed by atoms with van der Waals surface area (Å²) >= 11 is 0. The highest BCUT2D eigenvalue weighted by Crippen LogP contribution is 2.37. The molecule has 0 spiro atoms. The highest BCUT2D eigenvalue weighted by Gasteiger charge is 2.36. The van der Waals surface area contributed by atoms with Gasteiger partial charge in [0.15, 0.2) is 8.32 Å². The minimum Gasteiger partial charge on any atom is -0.416 e. The largest absolute Gasteiger partial charge is 0.416 e. The first kappa shape index (κ1) is 21.3. The SMILES string of the molecule is CC(C)(C)[Si](C)(C)OCCc1ccc(N(c2ccccc2)c2ccccc2)cc1. The van der Waals surface area contributed by atoms with E-state index in [1.807, 2.05) is 0 Å². The lowest BCUT2D eigenvalue weighted by Crippen LogP contribution is -2.41. The Morgan fingerprint density at radius 2 is 1.14 bits per heavy atom. The molecule has 0 radical (unpaired) electrons. The van der Waals surface area contributed by atoms with E-state index in [2.05, 4.69) is 124 Å². The summed E-state index contributed by atoms with van der Waals surface area (Å²) in [5.41, 5.74) is 4.80. The summed E-state index contributed by atoms with van der Waals surface area (Å²) in [6, 6.07) is 29.9. The Morgan fingerprint density at radius 3 is 1.59 bits per heavy atom. The minimum atomic E-state index is -1.68. The molecule has 0 aromatic heterocycles. The number of benzene rings is 3. The van der Waals surface area contributed by atoms with Crippen molar-refractivity contribution < 1.29 is 4.43 Å². The summed E-state index contributed by atoms with van der Waals surface area (Å²) in [5, 5.41) is 0.253. The third kappa shape index (κ3) is 5.37. The Balaban J connectivity index is 1.75. The molecule has 0 heterocycles. The van der Waals surface area contributed by atoms with E-state index in [4.69, 9.17) is 4.43 Å². The molecule has 0 fully saturated rings. The molecule has 3 heteroatoms. The first-order valence-corrected chi connectivity index (χ1v) is 13.3. The van der Waals surface area contributed by atoms with Crippen LogP contribution in [0, 0.1) is 0 Å². The van der Waals surface area contributed by atoms with E-state index < -0.39 is 8.32 Å². The third-order valence-electron chi connectivity index (χ3n) is 5.88. The fraction of sp³-hybridized carbons (Fsp3) is 0.308. The van der Waals surface area contributed by atoms with Crippen LogP contribution >= 0.6 is 0 Å². The van der Waals surface area contributed by atoms with Crippen LogP contribution in [0.1, 0.15) is 26.3 Å². The quantitative estimate of drug-likeness (QED) is 0.374. The van der Waals surface area contributed by atoms with Gasteiger partial charge in [0.25, 0.3) is 0 Å². The molecule has 3 aromatic rings. The van der Waals surface area contributed by atoms with Gasteiger partial charge in [-0.15, -0.1) is 0 Å². The smallest absolute Gasteiger partial charge is 0.191 e. The van der Waals surface area contributed by atoms with Crippen molar-refractivity contribution >= 4 is 25.4 Å². The predicted octanol–water partition coefficient (Wildman–Crippen LogP) is 7.72. The van der Waals surface area contributed by atoms with Crippen molar-refractivity contribution in [2.45, 2.75) is 45.3 Å². The summed E-state index contributed by atoms with van der Waals surface area (Å²) in [5.74, 6) is 0. The lowest BCUT2D eigenvalue weighted by Gasteiger charge is -2.36. The van der Waals surface area contributed by atoms with Gasteiger partial charge in [-0.2, -0.15) is 0 Å². The lowest BCUT2D eigenvalue weighted by atomic mass is 10.1. The van der Waals surface area contributed by atoms with Crippen molar-refractivity contribution in [1.29, 1.82) is 0 Å². The molecular weight excluding hydrogens is 370 g/mol. The minimum absolute atomic E-state index is 0.253. The van der Waals surface area contributed by atoms with Crippen molar-refractivity contribution in [3.8, 4) is 0 Å². The molecule has 3 aromatic carbocycles. The van der Waals surface area contributed by atoms with Gasteiger partial charge in [0.1, 0.15) is 0 Å². The molecule has 3 rings (SSSR count). The maximum absolute atomic E-state index is 6.34. The topological polar surface area (TPSA) is 12.5 Å². The third-order valence-corrected chi connectivity index (χ3v) is 10.4. The van der Waals surface area contributed by atoms with Gasteiger partial charge in [-0.05, 0) is 66.5 Å². The number of hydrogen-bond acceptors (Lipinski definition) is 2. The molecule has 0 unspecified atom stereocenters. The molecule has 152 valence electrons. The van der Waals surface area contributed by atoms with Crippen LogP contribution in [0.15, 0.2) is 84.9 Å². The monoisotopic (exact) mass is 403 g/mol. The molecular formula is C26H33NOSi. The zero-order chi connectivity index (χ0) is 20.9. The molecule has 0 atom stereocenters. The zero-order valence-corrected chi connectivity index (χ0v) is 19.4. The van der Waals surface area contributed by atoms with Gasteiger partial charge >= 0.3 is 0 Å². The van der Waals surface area contributed by atoms with Crippen molar-refractivity contribution in [1.82, 2.24) is 0 Å². The fourth-order valence-corrected chi connectivity index (χ4v) is 4.10. The van der Waals surface area contributed by atoms with Crippen LogP contribution in [0.2, 0.25) is 18.1 Å². The van der Waals surface area contributed by atoms with Crippen molar-refractivity contribution in [3.63, 3.8) is 0 Å². The molecule has 0 aliphatic heterocycles. The Morgan fingerprint density at radius 1 is 0.690 bits per heavy atom. The summed E-state index contributed by atoms with van der Waals surface area (Å²) < 4.78 is 6.34. The molecule has 2 nitrogen and oxygen atoms in total. The second-order valence-electron chi connectivity index (χ2n) is 9.03. The normalized spacial score (nSPS) is 12.0. The molecule has 0 bridgehead atoms. The Kier molecular flexibility index (Phi) is 6.61. The Hall–Kier alpha value is -2.36. The zero-order valence-electron chi connectivity index (χ0n) is 18.4. The maximum Gasteiger partial charge on any atom is 0.191 e. The average Bonchev–Trinajstić information content (AvgIpc) is 2.70. The number of hydrogen-bond donors (Lipinski definition) is 0. The van der Waals surface area contributed by atoms with Crippen molar-refractivity contribution in [2.75, 3.05) is 11.5 Å². The second kappa shape index (κ2) is 8.98. The van der Waals surface area contributed by atoms with Gasteiger partial charge in [0, 0.05) is 23.7 Å². The van der Waals surface area contributed by atoms with Crippen molar-refractivity contribution in [3.05, 3.63) is 90.5 Å². The van der Waals surface area contributed by atoms with Gasteiger partial charge in [0.05, 0.1) is 0 Å². The van der Waals surface area contributed by atoms with Crippen LogP contribution in [0.3, 0.4) is 0 Å². The predicted molar refractivity (Wildman–Crippen MR) is 128 cm³/mol. The summed E-state index contributed by atoms with van der Waals surface area (Å²) in [7, 11) is -1.68. The van der Waals surface area contributed by atoms with E-state index in [-0.39, 0.29) is 5.04 Å². The van der Waals surface area contributed by atoms with E-state index in [1.165, 1.54) is 5.56 Å². The maximum atomic E-state index is 6.34. The average molecular weight is 404 g/mol. The molecule has 0 saturated carbocycles. The van der Waals surface area contributed by atoms with Gasteiger partial charge < -0.3 is 9.33 Å². The first-order valence-electron chi connectivity index (χ1n) is 10.4. The van der Waals surface area contributed by atoms with E-state index in [1.54, 1.807) is 0 Å². The fourth-order valence-electron chi connectivity index (χ4n) is 3.05. The van der Waals surface area contributed by atoms with Crippen LogP contribution in [0.4, 0.5) is 17.1 Å². The van der Waals surface area contributed by atoms with Crippen LogP contribution in [-0.4, -0.2) is 14.9 Å². The number of rotatable bonds is 7. The van der Waals surface area contributed by atoms with Crippen LogP contribution < -0.4 is 4.90 Å². The Bertz CT molecular complexity index is 844. The van der Waals surface area contributed by atoms with E-state index >= 15 is 0 Å². The summed E-state index contributed by atoms with van der Waals surface area (Å²) in [6.07, 6.45) is 0.948. The first-order chi connectivity index (χ1) is 13.8. The molecule has 29 heavy (non-hydrogen) atoms.